The van der Waals surface area contributed by atoms with Crippen molar-refractivity contribution in [3.05, 3.63) is 57.3 Å². The van der Waals surface area contributed by atoms with Crippen LogP contribution in [0.4, 0.5) is 5.69 Å². The molecule has 0 spiro atoms. The SMILES string of the molecule is Cc1c(Cl)cc(NC2=NCc3cccnc32)cc1Cl. The van der Waals surface area contributed by atoms with Gasteiger partial charge in [0.25, 0.3) is 0 Å². The second-order valence-electron chi connectivity index (χ2n) is 4.37. The minimum atomic E-state index is 0.634. The number of hydrogen-bond acceptors (Lipinski definition) is 3. The number of aliphatic imine (C=N–C) groups is 1. The molecule has 2 aromatic rings. The molecule has 0 saturated carbocycles. The molecule has 0 bridgehead atoms. The van der Waals surface area contributed by atoms with Crippen molar-refractivity contribution in [3.8, 4) is 0 Å². The van der Waals surface area contributed by atoms with Crippen LogP contribution in [0.3, 0.4) is 0 Å². The Kier molecular flexibility index (Phi) is 3.17. The molecule has 3 rings (SSSR count). The lowest BCUT2D eigenvalue weighted by atomic mass is 10.2. The molecule has 1 N–H and O–H groups in total. The number of hydrogen-bond donors (Lipinski definition) is 1. The first-order valence-electron chi connectivity index (χ1n) is 5.86. The van der Waals surface area contributed by atoms with Crippen LogP contribution in [-0.2, 0) is 6.54 Å². The maximum absolute atomic E-state index is 6.12. The van der Waals surface area contributed by atoms with Crippen molar-refractivity contribution in [1.82, 2.24) is 4.98 Å². The van der Waals surface area contributed by atoms with E-state index in [1.165, 1.54) is 0 Å². The zero-order valence-electron chi connectivity index (χ0n) is 10.2. The van der Waals surface area contributed by atoms with Crippen molar-refractivity contribution in [2.45, 2.75) is 13.5 Å². The van der Waals surface area contributed by atoms with Crippen LogP contribution in [0.1, 0.15) is 16.8 Å². The van der Waals surface area contributed by atoms with Gasteiger partial charge < -0.3 is 5.32 Å². The first kappa shape index (κ1) is 12.5. The molecule has 1 aromatic heterocycles. The fourth-order valence-corrected chi connectivity index (χ4v) is 2.46. The zero-order valence-corrected chi connectivity index (χ0v) is 11.8. The number of rotatable bonds is 1. The number of fused-ring (bicyclic) bond motifs is 1. The van der Waals surface area contributed by atoms with Crippen molar-refractivity contribution in [3.63, 3.8) is 0 Å². The van der Waals surface area contributed by atoms with Gasteiger partial charge in [0, 0.05) is 27.5 Å². The van der Waals surface area contributed by atoms with E-state index in [9.17, 15) is 0 Å². The molecule has 5 heteroatoms. The van der Waals surface area contributed by atoms with E-state index >= 15 is 0 Å². The van der Waals surface area contributed by atoms with E-state index in [1.54, 1.807) is 6.20 Å². The Hall–Kier alpha value is -1.58. The number of amidine groups is 1. The van der Waals surface area contributed by atoms with Gasteiger partial charge in [0.2, 0.25) is 0 Å². The molecule has 1 aromatic carbocycles. The summed E-state index contributed by atoms with van der Waals surface area (Å²) in [4.78, 5) is 8.78. The number of halogens is 2. The molecule has 0 amide bonds. The summed E-state index contributed by atoms with van der Waals surface area (Å²) >= 11 is 12.2. The minimum Gasteiger partial charge on any atom is -0.339 e. The molecular weight excluding hydrogens is 281 g/mol. The number of benzene rings is 1. The summed E-state index contributed by atoms with van der Waals surface area (Å²) in [5.74, 6) is 0.756. The molecular formula is C14H11Cl2N3. The topological polar surface area (TPSA) is 37.3 Å². The van der Waals surface area contributed by atoms with Gasteiger partial charge in [-0.3, -0.25) is 9.98 Å². The maximum Gasteiger partial charge on any atom is 0.152 e. The predicted octanol–water partition coefficient (Wildman–Crippen LogP) is 4.07. The van der Waals surface area contributed by atoms with Gasteiger partial charge >= 0.3 is 0 Å². The van der Waals surface area contributed by atoms with Crippen LogP contribution in [0.25, 0.3) is 0 Å². The molecule has 1 aliphatic rings. The van der Waals surface area contributed by atoms with Crippen molar-refractivity contribution in [2.75, 3.05) is 5.32 Å². The van der Waals surface area contributed by atoms with E-state index in [0.29, 0.717) is 16.6 Å². The van der Waals surface area contributed by atoms with Gasteiger partial charge in [-0.15, -0.1) is 0 Å². The third-order valence-corrected chi connectivity index (χ3v) is 3.85. The lowest BCUT2D eigenvalue weighted by Gasteiger charge is -2.09. The van der Waals surface area contributed by atoms with Crippen LogP contribution < -0.4 is 5.32 Å². The van der Waals surface area contributed by atoms with Crippen molar-refractivity contribution in [2.24, 2.45) is 4.99 Å². The van der Waals surface area contributed by atoms with Gasteiger partial charge in [0.15, 0.2) is 5.84 Å². The average molecular weight is 292 g/mol. The summed E-state index contributed by atoms with van der Waals surface area (Å²) in [7, 11) is 0. The minimum absolute atomic E-state index is 0.634. The quantitative estimate of drug-likeness (QED) is 0.860. The molecule has 0 atom stereocenters. The highest BCUT2D eigenvalue weighted by molar-refractivity contribution is 6.36. The van der Waals surface area contributed by atoms with Crippen molar-refractivity contribution < 1.29 is 0 Å². The highest BCUT2D eigenvalue weighted by atomic mass is 35.5. The third-order valence-electron chi connectivity index (χ3n) is 3.07. The van der Waals surface area contributed by atoms with E-state index in [2.05, 4.69) is 15.3 Å². The Bertz CT molecular complexity index is 657. The molecule has 0 saturated heterocycles. The summed E-state index contributed by atoms with van der Waals surface area (Å²) in [6.07, 6.45) is 1.76. The molecule has 2 heterocycles. The molecule has 0 fully saturated rings. The standard InChI is InChI=1S/C14H11Cl2N3/c1-8-11(15)5-10(6-12(8)16)19-14-13-9(7-18-14)3-2-4-17-13/h2-6H,7H2,1H3,(H,18,19). The summed E-state index contributed by atoms with van der Waals surface area (Å²) < 4.78 is 0. The maximum atomic E-state index is 6.12. The fraction of sp³-hybridized carbons (Fsp3) is 0.143. The Labute approximate surface area is 121 Å². The van der Waals surface area contributed by atoms with Crippen LogP contribution in [-0.4, -0.2) is 10.8 Å². The third kappa shape index (κ3) is 2.31. The van der Waals surface area contributed by atoms with Crippen LogP contribution in [0.2, 0.25) is 10.0 Å². The monoisotopic (exact) mass is 291 g/mol. The number of pyridine rings is 1. The van der Waals surface area contributed by atoms with Crippen LogP contribution in [0, 0.1) is 6.92 Å². The highest BCUT2D eigenvalue weighted by Crippen LogP contribution is 2.29. The lowest BCUT2D eigenvalue weighted by molar-refractivity contribution is 1.09. The van der Waals surface area contributed by atoms with Gasteiger partial charge in [0.05, 0.1) is 6.54 Å². The predicted molar refractivity (Wildman–Crippen MR) is 79.3 cm³/mol. The lowest BCUT2D eigenvalue weighted by Crippen LogP contribution is -2.13. The zero-order chi connectivity index (χ0) is 13.4. The largest absolute Gasteiger partial charge is 0.339 e. The van der Waals surface area contributed by atoms with E-state index in [1.807, 2.05) is 31.2 Å². The van der Waals surface area contributed by atoms with Crippen LogP contribution >= 0.6 is 23.2 Å². The van der Waals surface area contributed by atoms with Gasteiger partial charge in [-0.25, -0.2) is 0 Å². The number of nitrogens with zero attached hydrogens (tertiary/aromatic N) is 2. The van der Waals surface area contributed by atoms with Crippen molar-refractivity contribution in [1.29, 1.82) is 0 Å². The Morgan fingerprint density at radius 1 is 1.21 bits per heavy atom. The van der Waals surface area contributed by atoms with Gasteiger partial charge in [-0.1, -0.05) is 29.3 Å². The van der Waals surface area contributed by atoms with Gasteiger partial charge in [0.1, 0.15) is 5.69 Å². The number of aromatic nitrogens is 1. The van der Waals surface area contributed by atoms with E-state index < -0.39 is 0 Å². The highest BCUT2D eigenvalue weighted by Gasteiger charge is 2.17. The molecule has 0 aliphatic carbocycles. The van der Waals surface area contributed by atoms with Crippen LogP contribution in [0.15, 0.2) is 35.5 Å². The van der Waals surface area contributed by atoms with Crippen molar-refractivity contribution >= 4 is 34.7 Å². The first-order chi connectivity index (χ1) is 9.15. The second-order valence-corrected chi connectivity index (χ2v) is 5.18. The van der Waals surface area contributed by atoms with E-state index in [4.69, 9.17) is 23.2 Å². The molecule has 0 unspecified atom stereocenters. The molecule has 0 radical (unpaired) electrons. The summed E-state index contributed by atoms with van der Waals surface area (Å²) in [5, 5.41) is 4.49. The smallest absolute Gasteiger partial charge is 0.152 e. The molecule has 3 nitrogen and oxygen atoms in total. The van der Waals surface area contributed by atoms with E-state index in [0.717, 1.165) is 28.3 Å². The Morgan fingerprint density at radius 2 is 1.95 bits per heavy atom. The van der Waals surface area contributed by atoms with Crippen LogP contribution in [0.5, 0.6) is 0 Å². The Balaban J connectivity index is 1.92. The number of anilines is 1. The molecule has 1 aliphatic heterocycles. The summed E-state index contributed by atoms with van der Waals surface area (Å²) in [6.45, 7) is 2.54. The normalized spacial score (nSPS) is 13.1. The molecule has 96 valence electrons. The van der Waals surface area contributed by atoms with Gasteiger partial charge in [-0.2, -0.15) is 0 Å². The summed E-state index contributed by atoms with van der Waals surface area (Å²) in [6, 6.07) is 7.62. The molecule has 19 heavy (non-hydrogen) atoms. The van der Waals surface area contributed by atoms with Gasteiger partial charge in [-0.05, 0) is 30.7 Å². The average Bonchev–Trinajstić information content (AvgIpc) is 2.79. The summed E-state index contributed by atoms with van der Waals surface area (Å²) in [5.41, 5.74) is 3.70. The van der Waals surface area contributed by atoms with E-state index in [-0.39, 0.29) is 0 Å². The Morgan fingerprint density at radius 3 is 2.68 bits per heavy atom. The number of nitrogens with one attached hydrogen (secondary N) is 1. The first-order valence-corrected chi connectivity index (χ1v) is 6.62. The fourth-order valence-electron chi connectivity index (χ4n) is 1.97. The second kappa shape index (κ2) is 4.83.